The van der Waals surface area contributed by atoms with Crippen LogP contribution in [0, 0.1) is 0 Å². The molecule has 0 amide bonds. The highest BCUT2D eigenvalue weighted by Gasteiger charge is 1.80. The lowest BCUT2D eigenvalue weighted by Crippen LogP contribution is -2.09. The summed E-state index contributed by atoms with van der Waals surface area (Å²) < 4.78 is 4.95. The van der Waals surface area contributed by atoms with Crippen LogP contribution in [0.15, 0.2) is 18.6 Å². The Balaban J connectivity index is 2.82. The van der Waals surface area contributed by atoms with Crippen LogP contribution in [0.4, 0.5) is 0 Å². The van der Waals surface area contributed by atoms with Crippen LogP contribution in [-0.2, 0) is 4.74 Å². The molecule has 1 N–H and O–H groups in total. The van der Waals surface area contributed by atoms with Gasteiger partial charge >= 0.3 is 0 Å². The number of hydrogen-bond donors (Lipinski definition) is 1. The zero-order valence-electron chi connectivity index (χ0n) is 5.81. The van der Waals surface area contributed by atoms with Crippen molar-refractivity contribution in [3.63, 3.8) is 0 Å². The average molecular weight is 127 g/mol. The summed E-state index contributed by atoms with van der Waals surface area (Å²) in [6.07, 6.45) is 2.50. The van der Waals surface area contributed by atoms with E-state index in [1.165, 1.54) is 6.26 Å². The molecule has 0 spiro atoms. The highest BCUT2D eigenvalue weighted by Crippen LogP contribution is 1.79. The molecule has 0 saturated carbocycles. The molecule has 0 bridgehead atoms. The van der Waals surface area contributed by atoms with Crippen molar-refractivity contribution in [2.75, 3.05) is 20.2 Å². The van der Waals surface area contributed by atoms with E-state index in [9.17, 15) is 0 Å². The number of ether oxygens (including phenoxy) is 1. The molecule has 0 aliphatic carbocycles. The Morgan fingerprint density at radius 2 is 2.56 bits per heavy atom. The van der Waals surface area contributed by atoms with Crippen molar-refractivity contribution in [1.29, 1.82) is 0 Å². The molecular weight excluding hydrogens is 114 g/mol. The fourth-order valence-corrected chi connectivity index (χ4v) is 0.450. The Labute approximate surface area is 56.2 Å². The molecule has 0 unspecified atom stereocenters. The lowest BCUT2D eigenvalue weighted by atomic mass is 10.4. The second-order valence-electron chi connectivity index (χ2n) is 1.65. The zero-order chi connectivity index (χ0) is 6.95. The van der Waals surface area contributed by atoms with E-state index in [0.717, 1.165) is 19.6 Å². The summed E-state index contributed by atoms with van der Waals surface area (Å²) in [6, 6.07) is 0. The average Bonchev–Trinajstić information content (AvgIpc) is 1.89. The highest BCUT2D eigenvalue weighted by molar-refractivity contribution is 4.63. The molecule has 0 rings (SSSR count). The molecule has 0 heterocycles. The van der Waals surface area contributed by atoms with Gasteiger partial charge in [0.15, 0.2) is 0 Å². The van der Waals surface area contributed by atoms with Gasteiger partial charge in [0.2, 0.25) is 0 Å². The summed E-state index contributed by atoms with van der Waals surface area (Å²) >= 11 is 0. The maximum absolute atomic E-state index is 4.95. The van der Waals surface area contributed by atoms with Gasteiger partial charge in [-0.3, -0.25) is 0 Å². The van der Waals surface area contributed by atoms with Crippen LogP contribution >= 0.6 is 0 Å². The van der Waals surface area contributed by atoms with Crippen LogP contribution in [0.5, 0.6) is 0 Å². The minimum Gasteiger partial charge on any atom is -0.493 e. The van der Waals surface area contributed by atoms with Crippen molar-refractivity contribution >= 4 is 0 Å². The summed E-state index contributed by atoms with van der Waals surface area (Å²) in [4.78, 5) is 0. The number of hydrogen-bond acceptors (Lipinski definition) is 2. The van der Waals surface area contributed by atoms with Gasteiger partial charge in [-0.2, -0.15) is 0 Å². The Bertz CT molecular complexity index is 95.1. The largest absolute Gasteiger partial charge is 0.493 e. The third-order valence-electron chi connectivity index (χ3n) is 0.856. The van der Waals surface area contributed by atoms with Crippen LogP contribution in [0.3, 0.4) is 0 Å². The molecule has 0 radical (unpaired) electrons. The standard InChI is InChI=1S/C7H13NO/c1-3-6-9-7-4-5-8-2/h6,8H,1,4-5,7H2,2H3. The molecule has 0 aliphatic rings. The van der Waals surface area contributed by atoms with Crippen molar-refractivity contribution in [2.24, 2.45) is 0 Å². The molecule has 0 aromatic heterocycles. The fraction of sp³-hybridized carbons (Fsp3) is 0.571. The fourth-order valence-electron chi connectivity index (χ4n) is 0.450. The first-order valence-corrected chi connectivity index (χ1v) is 3.02. The molecular formula is C7H13NO. The lowest BCUT2D eigenvalue weighted by Gasteiger charge is -1.97. The molecule has 0 saturated heterocycles. The van der Waals surface area contributed by atoms with Crippen LogP contribution in [0.2, 0.25) is 0 Å². The maximum Gasteiger partial charge on any atom is 0.124 e. The van der Waals surface area contributed by atoms with E-state index < -0.39 is 0 Å². The van der Waals surface area contributed by atoms with Crippen LogP contribution in [0.25, 0.3) is 0 Å². The second-order valence-corrected chi connectivity index (χ2v) is 1.65. The zero-order valence-corrected chi connectivity index (χ0v) is 5.81. The first-order valence-electron chi connectivity index (χ1n) is 3.02. The van der Waals surface area contributed by atoms with Crippen molar-refractivity contribution in [3.05, 3.63) is 18.6 Å². The topological polar surface area (TPSA) is 21.3 Å². The molecule has 9 heavy (non-hydrogen) atoms. The molecule has 0 aliphatic heterocycles. The lowest BCUT2D eigenvalue weighted by molar-refractivity contribution is 0.245. The molecule has 0 atom stereocenters. The number of rotatable bonds is 5. The Hall–Kier alpha value is -0.720. The van der Waals surface area contributed by atoms with Gasteiger partial charge < -0.3 is 10.1 Å². The highest BCUT2D eigenvalue weighted by atomic mass is 16.5. The Morgan fingerprint density at radius 3 is 3.11 bits per heavy atom. The SMILES string of the molecule is C=C=COCCCNC. The van der Waals surface area contributed by atoms with Crippen molar-refractivity contribution in [3.8, 4) is 0 Å². The van der Waals surface area contributed by atoms with Gasteiger partial charge in [0, 0.05) is 0 Å². The normalized spacial score (nSPS) is 8.11. The molecule has 0 aromatic carbocycles. The van der Waals surface area contributed by atoms with E-state index in [1.807, 2.05) is 7.05 Å². The van der Waals surface area contributed by atoms with Crippen molar-refractivity contribution in [2.45, 2.75) is 6.42 Å². The maximum atomic E-state index is 4.95. The van der Waals surface area contributed by atoms with E-state index in [-0.39, 0.29) is 0 Å². The van der Waals surface area contributed by atoms with E-state index in [4.69, 9.17) is 4.74 Å². The third-order valence-corrected chi connectivity index (χ3v) is 0.856. The van der Waals surface area contributed by atoms with Gasteiger partial charge in [0.1, 0.15) is 6.26 Å². The van der Waals surface area contributed by atoms with Gasteiger partial charge in [0.25, 0.3) is 0 Å². The third kappa shape index (κ3) is 7.28. The van der Waals surface area contributed by atoms with Gasteiger partial charge in [-0.25, -0.2) is 0 Å². The quantitative estimate of drug-likeness (QED) is 0.337. The Morgan fingerprint density at radius 1 is 1.78 bits per heavy atom. The van der Waals surface area contributed by atoms with Crippen LogP contribution in [-0.4, -0.2) is 20.2 Å². The minimum atomic E-state index is 0.739. The van der Waals surface area contributed by atoms with Crippen LogP contribution < -0.4 is 5.32 Å². The predicted molar refractivity (Wildman–Crippen MR) is 38.2 cm³/mol. The van der Waals surface area contributed by atoms with Crippen molar-refractivity contribution in [1.82, 2.24) is 5.32 Å². The first-order chi connectivity index (χ1) is 4.41. The summed E-state index contributed by atoms with van der Waals surface area (Å²) in [5, 5.41) is 3.01. The molecule has 0 aromatic rings. The minimum absolute atomic E-state index is 0.739. The van der Waals surface area contributed by atoms with Gasteiger partial charge in [-0.15, -0.1) is 0 Å². The van der Waals surface area contributed by atoms with Gasteiger partial charge in [0.05, 0.1) is 6.61 Å². The van der Waals surface area contributed by atoms with E-state index in [0.29, 0.717) is 0 Å². The summed E-state index contributed by atoms with van der Waals surface area (Å²) in [7, 11) is 1.92. The monoisotopic (exact) mass is 127 g/mol. The molecule has 0 fully saturated rings. The summed E-state index contributed by atoms with van der Waals surface area (Å²) in [6.45, 7) is 5.09. The van der Waals surface area contributed by atoms with Gasteiger partial charge in [-0.05, 0) is 20.0 Å². The molecule has 2 heteroatoms. The first kappa shape index (κ1) is 8.28. The molecule has 2 nitrogen and oxygen atoms in total. The van der Waals surface area contributed by atoms with E-state index in [1.54, 1.807) is 0 Å². The van der Waals surface area contributed by atoms with E-state index in [2.05, 4.69) is 17.6 Å². The smallest absolute Gasteiger partial charge is 0.124 e. The summed E-state index contributed by atoms with van der Waals surface area (Å²) in [5.74, 6) is 0. The molecule has 52 valence electrons. The van der Waals surface area contributed by atoms with Crippen LogP contribution in [0.1, 0.15) is 6.42 Å². The van der Waals surface area contributed by atoms with Crippen molar-refractivity contribution < 1.29 is 4.74 Å². The number of nitrogens with one attached hydrogen (secondary N) is 1. The summed E-state index contributed by atoms with van der Waals surface area (Å²) in [5.41, 5.74) is 2.53. The predicted octanol–water partition coefficient (Wildman–Crippen LogP) is 0.911. The van der Waals surface area contributed by atoms with E-state index >= 15 is 0 Å². The second kappa shape index (κ2) is 7.28. The van der Waals surface area contributed by atoms with Gasteiger partial charge in [-0.1, -0.05) is 12.3 Å². The Kier molecular flexibility index (Phi) is 6.70.